The van der Waals surface area contributed by atoms with Crippen molar-refractivity contribution in [3.05, 3.63) is 51.3 Å². The van der Waals surface area contributed by atoms with Crippen molar-refractivity contribution in [2.75, 3.05) is 31.1 Å². The molecule has 0 bridgehead atoms. The van der Waals surface area contributed by atoms with Gasteiger partial charge in [0.05, 0.1) is 10.6 Å². The van der Waals surface area contributed by atoms with Crippen molar-refractivity contribution in [2.45, 2.75) is 6.92 Å². The van der Waals surface area contributed by atoms with E-state index in [1.165, 1.54) is 0 Å². The number of carbonyl (C=O) groups is 1. The molecule has 0 saturated carbocycles. The van der Waals surface area contributed by atoms with Crippen LogP contribution in [-0.4, -0.2) is 47.0 Å². The Morgan fingerprint density at radius 3 is 2.52 bits per heavy atom. The largest absolute Gasteiger partial charge is 0.337 e. The topological polar surface area (TPSA) is 73.1 Å². The summed E-state index contributed by atoms with van der Waals surface area (Å²) in [5, 5.41) is 9.88. The van der Waals surface area contributed by atoms with E-state index in [2.05, 4.69) is 9.97 Å². The number of rotatable bonds is 2. The molecule has 1 fully saturated rings. The van der Waals surface area contributed by atoms with Crippen LogP contribution in [0.25, 0.3) is 0 Å². The molecule has 1 amide bonds. The molecule has 8 heteroatoms. The lowest BCUT2D eigenvalue weighted by Gasteiger charge is -2.35. The second-order valence-corrected chi connectivity index (χ2v) is 6.55. The number of benzene rings is 1. The van der Waals surface area contributed by atoms with Crippen LogP contribution in [0, 0.1) is 18.3 Å². The molecule has 2 heterocycles. The summed E-state index contributed by atoms with van der Waals surface area (Å²) in [4.78, 5) is 25.0. The summed E-state index contributed by atoms with van der Waals surface area (Å²) < 4.78 is 0. The van der Waals surface area contributed by atoms with Crippen LogP contribution in [-0.2, 0) is 0 Å². The van der Waals surface area contributed by atoms with E-state index in [0.717, 1.165) is 5.69 Å². The second-order valence-electron chi connectivity index (χ2n) is 5.71. The van der Waals surface area contributed by atoms with Crippen LogP contribution in [0.1, 0.15) is 21.7 Å². The first-order valence-corrected chi connectivity index (χ1v) is 8.48. The predicted octanol–water partition coefficient (Wildman–Crippen LogP) is 2.93. The highest BCUT2D eigenvalue weighted by atomic mass is 35.5. The standard InChI is InChI=1S/C17H15Cl2N5O/c1-11-8-13(10-20)22-17(21-11)24-6-4-23(5-7-24)16(25)14-3-2-12(18)9-15(14)19/h2-3,8-9H,4-7H2,1H3. The molecule has 1 saturated heterocycles. The summed E-state index contributed by atoms with van der Waals surface area (Å²) in [7, 11) is 0. The van der Waals surface area contributed by atoms with Gasteiger partial charge in [-0.1, -0.05) is 23.2 Å². The molecule has 128 valence electrons. The summed E-state index contributed by atoms with van der Waals surface area (Å²) in [6.45, 7) is 4.05. The SMILES string of the molecule is Cc1cc(C#N)nc(N2CCN(C(=O)c3ccc(Cl)cc3Cl)CC2)n1. The first kappa shape index (κ1) is 17.5. The van der Waals surface area contributed by atoms with E-state index in [-0.39, 0.29) is 5.91 Å². The average molecular weight is 376 g/mol. The van der Waals surface area contributed by atoms with Crippen LogP contribution in [0.15, 0.2) is 24.3 Å². The van der Waals surface area contributed by atoms with Crippen molar-refractivity contribution < 1.29 is 4.79 Å². The highest BCUT2D eigenvalue weighted by Crippen LogP contribution is 2.23. The molecular formula is C17H15Cl2N5O. The number of anilines is 1. The minimum atomic E-state index is -0.121. The number of aryl methyl sites for hydroxylation is 1. The van der Waals surface area contributed by atoms with E-state index in [4.69, 9.17) is 28.5 Å². The molecule has 0 radical (unpaired) electrons. The van der Waals surface area contributed by atoms with E-state index in [0.29, 0.717) is 53.4 Å². The number of nitriles is 1. The summed E-state index contributed by atoms with van der Waals surface area (Å²) >= 11 is 12.0. The fourth-order valence-corrected chi connectivity index (χ4v) is 3.18. The van der Waals surface area contributed by atoms with Gasteiger partial charge in [-0.3, -0.25) is 4.79 Å². The van der Waals surface area contributed by atoms with Crippen LogP contribution in [0.5, 0.6) is 0 Å². The van der Waals surface area contributed by atoms with Crippen molar-refractivity contribution in [1.82, 2.24) is 14.9 Å². The Labute approximate surface area is 155 Å². The molecule has 6 nitrogen and oxygen atoms in total. The number of nitrogens with zero attached hydrogens (tertiary/aromatic N) is 5. The van der Waals surface area contributed by atoms with Gasteiger partial charge in [0.25, 0.3) is 5.91 Å². The molecule has 1 aromatic heterocycles. The van der Waals surface area contributed by atoms with Crippen LogP contribution in [0.3, 0.4) is 0 Å². The van der Waals surface area contributed by atoms with Gasteiger partial charge in [-0.2, -0.15) is 5.26 Å². The maximum atomic E-state index is 12.6. The lowest BCUT2D eigenvalue weighted by molar-refractivity contribution is 0.0746. The first-order valence-electron chi connectivity index (χ1n) is 7.73. The van der Waals surface area contributed by atoms with E-state index in [1.54, 1.807) is 29.2 Å². The van der Waals surface area contributed by atoms with Crippen molar-refractivity contribution in [1.29, 1.82) is 5.26 Å². The van der Waals surface area contributed by atoms with Crippen LogP contribution >= 0.6 is 23.2 Å². The fraction of sp³-hybridized carbons (Fsp3) is 0.294. The first-order chi connectivity index (χ1) is 12.0. The zero-order valence-corrected chi connectivity index (χ0v) is 15.0. The highest BCUT2D eigenvalue weighted by Gasteiger charge is 2.25. The van der Waals surface area contributed by atoms with Crippen LogP contribution in [0.2, 0.25) is 10.0 Å². The van der Waals surface area contributed by atoms with Crippen molar-refractivity contribution in [3.63, 3.8) is 0 Å². The normalized spacial score (nSPS) is 14.3. The van der Waals surface area contributed by atoms with E-state index < -0.39 is 0 Å². The van der Waals surface area contributed by atoms with Gasteiger partial charge in [0.15, 0.2) is 0 Å². The van der Waals surface area contributed by atoms with Gasteiger partial charge in [-0.15, -0.1) is 0 Å². The van der Waals surface area contributed by atoms with Gasteiger partial charge in [0.2, 0.25) is 5.95 Å². The second kappa shape index (κ2) is 7.26. The van der Waals surface area contributed by atoms with Crippen molar-refractivity contribution >= 4 is 35.1 Å². The van der Waals surface area contributed by atoms with E-state index >= 15 is 0 Å². The minimum absolute atomic E-state index is 0.121. The summed E-state index contributed by atoms with van der Waals surface area (Å²) in [6.07, 6.45) is 0. The van der Waals surface area contributed by atoms with Crippen LogP contribution in [0.4, 0.5) is 5.95 Å². The molecule has 25 heavy (non-hydrogen) atoms. The minimum Gasteiger partial charge on any atom is -0.337 e. The van der Waals surface area contributed by atoms with Gasteiger partial charge >= 0.3 is 0 Å². The van der Waals surface area contributed by atoms with E-state index in [1.807, 2.05) is 17.9 Å². The summed E-state index contributed by atoms with van der Waals surface area (Å²) in [5.74, 6) is 0.400. The third-order valence-electron chi connectivity index (χ3n) is 3.97. The van der Waals surface area contributed by atoms with Gasteiger partial charge in [0, 0.05) is 36.9 Å². The van der Waals surface area contributed by atoms with Gasteiger partial charge < -0.3 is 9.80 Å². The lowest BCUT2D eigenvalue weighted by Crippen LogP contribution is -2.49. The van der Waals surface area contributed by atoms with Gasteiger partial charge in [-0.25, -0.2) is 9.97 Å². The molecule has 2 aromatic rings. The molecule has 1 aliphatic heterocycles. The third-order valence-corrected chi connectivity index (χ3v) is 4.52. The molecule has 0 aliphatic carbocycles. The van der Waals surface area contributed by atoms with Crippen LogP contribution < -0.4 is 4.90 Å². The van der Waals surface area contributed by atoms with Gasteiger partial charge in [0.1, 0.15) is 11.8 Å². The summed E-state index contributed by atoms with van der Waals surface area (Å²) in [5.41, 5.74) is 1.53. The summed E-state index contributed by atoms with van der Waals surface area (Å²) in [6, 6.07) is 8.54. The Bertz CT molecular complexity index is 857. The predicted molar refractivity (Wildman–Crippen MR) is 96.1 cm³/mol. The Morgan fingerprint density at radius 1 is 1.16 bits per heavy atom. The molecule has 0 atom stereocenters. The number of hydrogen-bond donors (Lipinski definition) is 0. The Hall–Kier alpha value is -2.36. The fourth-order valence-electron chi connectivity index (χ4n) is 2.69. The molecule has 1 aliphatic rings. The third kappa shape index (κ3) is 3.84. The average Bonchev–Trinajstić information content (AvgIpc) is 2.61. The smallest absolute Gasteiger partial charge is 0.255 e. The van der Waals surface area contributed by atoms with E-state index in [9.17, 15) is 4.79 Å². The zero-order chi connectivity index (χ0) is 18.0. The van der Waals surface area contributed by atoms with Crippen molar-refractivity contribution in [3.8, 4) is 6.07 Å². The monoisotopic (exact) mass is 375 g/mol. The number of aromatic nitrogens is 2. The Kier molecular flexibility index (Phi) is 5.07. The maximum absolute atomic E-state index is 12.6. The number of hydrogen-bond acceptors (Lipinski definition) is 5. The molecule has 0 spiro atoms. The highest BCUT2D eigenvalue weighted by molar-refractivity contribution is 6.36. The maximum Gasteiger partial charge on any atom is 0.255 e. The van der Waals surface area contributed by atoms with Gasteiger partial charge in [-0.05, 0) is 31.2 Å². The number of piperazine rings is 1. The Morgan fingerprint density at radius 2 is 1.88 bits per heavy atom. The van der Waals surface area contributed by atoms with Crippen molar-refractivity contribution in [2.24, 2.45) is 0 Å². The quantitative estimate of drug-likeness (QED) is 0.806. The molecule has 1 aromatic carbocycles. The molecular weight excluding hydrogens is 361 g/mol. The molecule has 0 unspecified atom stereocenters. The number of amides is 1. The zero-order valence-electron chi connectivity index (χ0n) is 13.5. The molecule has 3 rings (SSSR count). The number of carbonyl (C=O) groups excluding carboxylic acids is 1. The Balaban J connectivity index is 1.70. The number of halogens is 2. The molecule has 0 N–H and O–H groups in total. The lowest BCUT2D eigenvalue weighted by atomic mass is 10.2.